The molecule has 0 N–H and O–H groups in total. The largest absolute Gasteiger partial charge is 0.228 e. The van der Waals surface area contributed by atoms with Crippen molar-refractivity contribution in [2.75, 3.05) is 0 Å². The van der Waals surface area contributed by atoms with Gasteiger partial charge in [0.2, 0.25) is 0 Å². The fourth-order valence-corrected chi connectivity index (χ4v) is 5.56. The van der Waals surface area contributed by atoms with Crippen LogP contribution in [0.4, 0.5) is 0 Å². The van der Waals surface area contributed by atoms with Gasteiger partial charge in [0.25, 0.3) is 0 Å². The molecule has 0 saturated heterocycles. The maximum atomic E-state index is 12.4. The Morgan fingerprint density at radius 1 is 0.941 bits per heavy atom. The quantitative estimate of drug-likeness (QED) is 0.850. The van der Waals surface area contributed by atoms with E-state index in [0.717, 1.165) is 9.75 Å². The van der Waals surface area contributed by atoms with Gasteiger partial charge in [0.1, 0.15) is 0 Å². The summed E-state index contributed by atoms with van der Waals surface area (Å²) in [6.07, 6.45) is 0. The van der Waals surface area contributed by atoms with Crippen LogP contribution in [0, 0.1) is 0 Å². The standard InChI is InChI=1S/C12H14O2S3/c1-9(11-5-3-7-15-11)17(13,14)10(2)12-6-4-8-16-12/h3-10H,1-2H3. The highest BCUT2D eigenvalue weighted by Crippen LogP contribution is 2.36. The van der Waals surface area contributed by atoms with Crippen LogP contribution in [0.15, 0.2) is 35.0 Å². The third-order valence-electron chi connectivity index (χ3n) is 2.87. The van der Waals surface area contributed by atoms with Crippen molar-refractivity contribution in [3.8, 4) is 0 Å². The predicted octanol–water partition coefficient (Wildman–Crippen LogP) is 4.05. The van der Waals surface area contributed by atoms with E-state index in [9.17, 15) is 8.42 Å². The van der Waals surface area contributed by atoms with Crippen LogP contribution in [0.25, 0.3) is 0 Å². The first-order valence-electron chi connectivity index (χ1n) is 5.33. The first kappa shape index (κ1) is 12.8. The van der Waals surface area contributed by atoms with Crippen LogP contribution < -0.4 is 0 Å². The first-order valence-corrected chi connectivity index (χ1v) is 8.70. The zero-order valence-corrected chi connectivity index (χ0v) is 12.1. The minimum absolute atomic E-state index is 0.431. The molecular weight excluding hydrogens is 272 g/mol. The van der Waals surface area contributed by atoms with Gasteiger partial charge in [-0.2, -0.15) is 0 Å². The number of rotatable bonds is 4. The fraction of sp³-hybridized carbons (Fsp3) is 0.333. The summed E-state index contributed by atoms with van der Waals surface area (Å²) in [6, 6.07) is 7.55. The highest BCUT2D eigenvalue weighted by molar-refractivity contribution is 7.92. The minimum atomic E-state index is -3.16. The molecular formula is C12H14O2S3. The topological polar surface area (TPSA) is 34.1 Å². The maximum absolute atomic E-state index is 12.4. The second-order valence-electron chi connectivity index (χ2n) is 3.90. The molecule has 92 valence electrons. The summed E-state index contributed by atoms with van der Waals surface area (Å²) in [4.78, 5) is 1.82. The Morgan fingerprint density at radius 3 is 1.65 bits per heavy atom. The van der Waals surface area contributed by atoms with Gasteiger partial charge in [-0.15, -0.1) is 22.7 Å². The zero-order valence-electron chi connectivity index (χ0n) is 9.66. The minimum Gasteiger partial charge on any atom is -0.228 e. The molecule has 0 radical (unpaired) electrons. The number of thiophene rings is 2. The Hall–Kier alpha value is -0.650. The van der Waals surface area contributed by atoms with Gasteiger partial charge in [0.05, 0.1) is 10.5 Å². The van der Waals surface area contributed by atoms with Crippen LogP contribution in [-0.4, -0.2) is 8.42 Å². The lowest BCUT2D eigenvalue weighted by Gasteiger charge is -2.16. The molecule has 0 aliphatic carbocycles. The van der Waals surface area contributed by atoms with E-state index in [2.05, 4.69) is 0 Å². The summed E-state index contributed by atoms with van der Waals surface area (Å²) < 4.78 is 24.9. The molecule has 0 aliphatic heterocycles. The van der Waals surface area contributed by atoms with Gasteiger partial charge in [0.15, 0.2) is 9.84 Å². The lowest BCUT2D eigenvalue weighted by molar-refractivity contribution is 0.577. The highest BCUT2D eigenvalue weighted by atomic mass is 32.2. The molecule has 2 unspecified atom stereocenters. The smallest absolute Gasteiger partial charge is 0.165 e. The monoisotopic (exact) mass is 286 g/mol. The summed E-state index contributed by atoms with van der Waals surface area (Å²) in [6.45, 7) is 3.54. The lowest BCUT2D eigenvalue weighted by atomic mass is 10.4. The molecule has 0 amide bonds. The lowest BCUT2D eigenvalue weighted by Crippen LogP contribution is -2.15. The molecule has 0 aromatic carbocycles. The number of hydrogen-bond donors (Lipinski definition) is 0. The van der Waals surface area contributed by atoms with Gasteiger partial charge in [-0.05, 0) is 36.7 Å². The number of hydrogen-bond acceptors (Lipinski definition) is 4. The third kappa shape index (κ3) is 2.46. The van der Waals surface area contributed by atoms with Crippen LogP contribution in [-0.2, 0) is 9.84 Å². The van der Waals surface area contributed by atoms with Crippen LogP contribution >= 0.6 is 22.7 Å². The van der Waals surface area contributed by atoms with Crippen molar-refractivity contribution in [1.82, 2.24) is 0 Å². The van der Waals surface area contributed by atoms with E-state index in [1.54, 1.807) is 13.8 Å². The second kappa shape index (κ2) is 4.92. The van der Waals surface area contributed by atoms with Gasteiger partial charge in [-0.1, -0.05) is 12.1 Å². The van der Waals surface area contributed by atoms with E-state index in [0.29, 0.717) is 0 Å². The molecule has 5 heteroatoms. The Labute approximate surface area is 110 Å². The van der Waals surface area contributed by atoms with Crippen LogP contribution in [0.2, 0.25) is 0 Å². The van der Waals surface area contributed by atoms with E-state index >= 15 is 0 Å². The van der Waals surface area contributed by atoms with Crippen LogP contribution in [0.5, 0.6) is 0 Å². The highest BCUT2D eigenvalue weighted by Gasteiger charge is 2.31. The van der Waals surface area contributed by atoms with Crippen molar-refractivity contribution < 1.29 is 8.42 Å². The fourth-order valence-electron chi connectivity index (χ4n) is 1.68. The molecule has 2 atom stereocenters. The molecule has 0 bridgehead atoms. The Balaban J connectivity index is 2.31. The van der Waals surface area contributed by atoms with Gasteiger partial charge < -0.3 is 0 Å². The summed E-state index contributed by atoms with van der Waals surface area (Å²) in [5.74, 6) is 0. The second-order valence-corrected chi connectivity index (χ2v) is 8.46. The third-order valence-corrected chi connectivity index (χ3v) is 7.76. The Kier molecular flexibility index (Phi) is 3.70. The van der Waals surface area contributed by atoms with Crippen molar-refractivity contribution >= 4 is 32.5 Å². The van der Waals surface area contributed by atoms with Crippen molar-refractivity contribution in [2.45, 2.75) is 24.3 Å². The van der Waals surface area contributed by atoms with Gasteiger partial charge in [-0.3, -0.25) is 0 Å². The van der Waals surface area contributed by atoms with Gasteiger partial charge in [0, 0.05) is 9.75 Å². The summed E-state index contributed by atoms with van der Waals surface area (Å²) in [7, 11) is -3.16. The Morgan fingerprint density at radius 2 is 1.35 bits per heavy atom. The van der Waals surface area contributed by atoms with Crippen molar-refractivity contribution in [1.29, 1.82) is 0 Å². The molecule has 2 rings (SSSR count). The van der Waals surface area contributed by atoms with E-state index < -0.39 is 20.3 Å². The van der Waals surface area contributed by atoms with E-state index in [1.807, 2.05) is 35.0 Å². The summed E-state index contributed by atoms with van der Waals surface area (Å²) in [5.41, 5.74) is 0. The molecule has 0 fully saturated rings. The molecule has 0 spiro atoms. The average molecular weight is 286 g/mol. The van der Waals surface area contributed by atoms with Crippen LogP contribution in [0.1, 0.15) is 34.1 Å². The van der Waals surface area contributed by atoms with E-state index in [-0.39, 0.29) is 0 Å². The SMILES string of the molecule is CC(c1cccs1)S(=O)(=O)C(C)c1cccs1. The maximum Gasteiger partial charge on any atom is 0.165 e. The van der Waals surface area contributed by atoms with Crippen molar-refractivity contribution in [2.24, 2.45) is 0 Å². The predicted molar refractivity (Wildman–Crippen MR) is 74.4 cm³/mol. The first-order chi connectivity index (χ1) is 8.03. The summed E-state index contributed by atoms with van der Waals surface area (Å²) >= 11 is 2.99. The molecule has 2 heterocycles. The average Bonchev–Trinajstić information content (AvgIpc) is 2.99. The Bertz CT molecular complexity index is 507. The normalized spacial score (nSPS) is 15.6. The molecule has 17 heavy (non-hydrogen) atoms. The summed E-state index contributed by atoms with van der Waals surface area (Å²) in [5, 5.41) is 2.97. The molecule has 2 aromatic rings. The number of sulfone groups is 1. The molecule has 0 aliphatic rings. The van der Waals surface area contributed by atoms with Crippen LogP contribution in [0.3, 0.4) is 0 Å². The van der Waals surface area contributed by atoms with E-state index in [1.165, 1.54) is 22.7 Å². The van der Waals surface area contributed by atoms with Gasteiger partial charge >= 0.3 is 0 Å². The van der Waals surface area contributed by atoms with Crippen molar-refractivity contribution in [3.63, 3.8) is 0 Å². The van der Waals surface area contributed by atoms with Gasteiger partial charge in [-0.25, -0.2) is 8.42 Å². The zero-order chi connectivity index (χ0) is 12.5. The molecule has 2 aromatic heterocycles. The molecule has 0 saturated carbocycles. The molecule has 2 nitrogen and oxygen atoms in total. The van der Waals surface area contributed by atoms with E-state index in [4.69, 9.17) is 0 Å². The van der Waals surface area contributed by atoms with Crippen molar-refractivity contribution in [3.05, 3.63) is 44.8 Å².